The van der Waals surface area contributed by atoms with Crippen LogP contribution in [0.5, 0.6) is 5.75 Å². The quantitative estimate of drug-likeness (QED) is 0.333. The summed E-state index contributed by atoms with van der Waals surface area (Å²) in [5, 5.41) is 10.2. The normalized spacial score (nSPS) is 20.9. The first kappa shape index (κ1) is 36.3. The zero-order chi connectivity index (χ0) is 34.2. The number of aliphatic hydroxyl groups is 1. The van der Waals surface area contributed by atoms with E-state index in [1.165, 1.54) is 34.5 Å². The van der Waals surface area contributed by atoms with Crippen LogP contribution in [0.4, 0.5) is 5.69 Å². The molecule has 47 heavy (non-hydrogen) atoms. The number of amides is 1. The molecule has 0 saturated heterocycles. The van der Waals surface area contributed by atoms with Crippen LogP contribution in [0.3, 0.4) is 0 Å². The number of carbonyl (C=O) groups is 1. The van der Waals surface area contributed by atoms with Crippen molar-refractivity contribution in [2.24, 2.45) is 5.92 Å². The summed E-state index contributed by atoms with van der Waals surface area (Å²) >= 11 is 0. The van der Waals surface area contributed by atoms with Crippen LogP contribution >= 0.6 is 0 Å². The summed E-state index contributed by atoms with van der Waals surface area (Å²) in [6.07, 6.45) is 1.32. The van der Waals surface area contributed by atoms with Crippen molar-refractivity contribution in [1.82, 2.24) is 9.21 Å². The Morgan fingerprint density at radius 3 is 2.23 bits per heavy atom. The molecule has 2 N–H and O–H groups in total. The van der Waals surface area contributed by atoms with Crippen molar-refractivity contribution in [3.63, 3.8) is 0 Å². The largest absolute Gasteiger partial charge is 0.490 e. The van der Waals surface area contributed by atoms with Crippen molar-refractivity contribution in [3.8, 4) is 5.75 Å². The van der Waals surface area contributed by atoms with Gasteiger partial charge in [-0.05, 0) is 75.6 Å². The summed E-state index contributed by atoms with van der Waals surface area (Å²) in [7, 11) is -6.22. The SMILES string of the molecule is C[C@@H]1CN([C@@H](C)CO)C(=O)c2cc(NS(=O)(=O)c3ccccc3)ccc2O[C@@H](C)CCCCO[C@H]1CN(C)S(=O)(=O)c1ccccc1. The van der Waals surface area contributed by atoms with Crippen molar-refractivity contribution in [3.05, 3.63) is 84.4 Å². The van der Waals surface area contributed by atoms with Crippen LogP contribution in [0, 0.1) is 5.92 Å². The first-order valence-electron chi connectivity index (χ1n) is 15.8. The van der Waals surface area contributed by atoms with Gasteiger partial charge in [0.25, 0.3) is 15.9 Å². The Balaban J connectivity index is 1.68. The lowest BCUT2D eigenvalue weighted by atomic mass is 10.0. The van der Waals surface area contributed by atoms with E-state index >= 15 is 0 Å². The van der Waals surface area contributed by atoms with Gasteiger partial charge >= 0.3 is 0 Å². The molecule has 0 spiro atoms. The molecule has 0 saturated carbocycles. The van der Waals surface area contributed by atoms with Crippen LogP contribution in [0.25, 0.3) is 0 Å². The van der Waals surface area contributed by atoms with Gasteiger partial charge < -0.3 is 19.5 Å². The Morgan fingerprint density at radius 2 is 1.60 bits per heavy atom. The molecular formula is C34H45N3O8S2. The van der Waals surface area contributed by atoms with Gasteiger partial charge in [0.1, 0.15) is 5.75 Å². The van der Waals surface area contributed by atoms with Gasteiger partial charge in [-0.1, -0.05) is 43.3 Å². The van der Waals surface area contributed by atoms with E-state index in [-0.39, 0.29) is 52.8 Å². The Kier molecular flexibility index (Phi) is 12.4. The maximum atomic E-state index is 14.3. The fourth-order valence-corrected chi connectivity index (χ4v) is 7.66. The minimum Gasteiger partial charge on any atom is -0.490 e. The molecule has 4 rings (SSSR count). The number of aliphatic hydroxyl groups excluding tert-OH is 1. The average molecular weight is 688 g/mol. The summed E-state index contributed by atoms with van der Waals surface area (Å²) in [5.74, 6) is -0.527. The van der Waals surface area contributed by atoms with Gasteiger partial charge in [0.05, 0.1) is 40.2 Å². The van der Waals surface area contributed by atoms with E-state index < -0.39 is 38.1 Å². The summed E-state index contributed by atoms with van der Waals surface area (Å²) in [5.41, 5.74) is 0.313. The molecule has 0 aromatic heterocycles. The van der Waals surface area contributed by atoms with E-state index in [1.54, 1.807) is 67.6 Å². The van der Waals surface area contributed by atoms with E-state index in [0.717, 1.165) is 12.8 Å². The van der Waals surface area contributed by atoms with Crippen molar-refractivity contribution < 1.29 is 36.2 Å². The summed E-state index contributed by atoms with van der Waals surface area (Å²) in [4.78, 5) is 16.1. The minimum absolute atomic E-state index is 0.0510. The highest BCUT2D eigenvalue weighted by Gasteiger charge is 2.32. The molecule has 4 atom stereocenters. The van der Waals surface area contributed by atoms with Crippen molar-refractivity contribution in [2.45, 2.75) is 68.1 Å². The van der Waals surface area contributed by atoms with Crippen LogP contribution in [0.1, 0.15) is 50.4 Å². The summed E-state index contributed by atoms with van der Waals surface area (Å²) in [6, 6.07) is 20.1. The number of anilines is 1. The summed E-state index contributed by atoms with van der Waals surface area (Å²) in [6.45, 7) is 5.73. The maximum absolute atomic E-state index is 14.3. The number of rotatable bonds is 9. The number of hydrogen-bond acceptors (Lipinski definition) is 8. The second-order valence-corrected chi connectivity index (χ2v) is 15.8. The van der Waals surface area contributed by atoms with Gasteiger partial charge in [-0.25, -0.2) is 16.8 Å². The Hall–Kier alpha value is -3.49. The fourth-order valence-electron chi connectivity index (χ4n) is 5.39. The molecule has 3 aromatic carbocycles. The number of nitrogens with one attached hydrogen (secondary N) is 1. The number of carbonyl (C=O) groups excluding carboxylic acids is 1. The molecule has 256 valence electrons. The molecule has 3 aromatic rings. The molecule has 0 fully saturated rings. The van der Waals surface area contributed by atoms with Gasteiger partial charge in [-0.3, -0.25) is 9.52 Å². The fraction of sp³-hybridized carbons (Fsp3) is 0.441. The van der Waals surface area contributed by atoms with E-state index in [4.69, 9.17) is 9.47 Å². The predicted octanol–water partition coefficient (Wildman–Crippen LogP) is 4.60. The van der Waals surface area contributed by atoms with Crippen LogP contribution in [-0.2, 0) is 24.8 Å². The molecule has 0 bridgehead atoms. The number of likely N-dealkylation sites (N-methyl/N-ethyl adjacent to an activating group) is 1. The smallest absolute Gasteiger partial charge is 0.261 e. The number of sulfonamides is 2. The van der Waals surface area contributed by atoms with Gasteiger partial charge in [0.2, 0.25) is 10.0 Å². The highest BCUT2D eigenvalue weighted by atomic mass is 32.2. The summed E-state index contributed by atoms with van der Waals surface area (Å²) < 4.78 is 69.2. The van der Waals surface area contributed by atoms with Crippen molar-refractivity contribution in [1.29, 1.82) is 0 Å². The van der Waals surface area contributed by atoms with Crippen LogP contribution in [0.2, 0.25) is 0 Å². The molecule has 1 aliphatic heterocycles. The Labute approximate surface area is 278 Å². The molecular weight excluding hydrogens is 643 g/mol. The van der Waals surface area contributed by atoms with E-state index in [0.29, 0.717) is 18.8 Å². The third-order valence-corrected chi connectivity index (χ3v) is 11.5. The number of fused-ring (bicyclic) bond motifs is 1. The zero-order valence-electron chi connectivity index (χ0n) is 27.3. The molecule has 1 aliphatic rings. The Morgan fingerprint density at radius 1 is 0.957 bits per heavy atom. The van der Waals surface area contributed by atoms with E-state index in [2.05, 4.69) is 4.72 Å². The molecule has 13 heteroatoms. The zero-order valence-corrected chi connectivity index (χ0v) is 28.9. The number of ether oxygens (including phenoxy) is 2. The third kappa shape index (κ3) is 9.32. The number of benzene rings is 3. The van der Waals surface area contributed by atoms with E-state index in [9.17, 15) is 26.7 Å². The van der Waals surface area contributed by atoms with Gasteiger partial charge in [0.15, 0.2) is 0 Å². The second-order valence-electron chi connectivity index (χ2n) is 12.0. The predicted molar refractivity (Wildman–Crippen MR) is 180 cm³/mol. The molecule has 11 nitrogen and oxygen atoms in total. The lowest BCUT2D eigenvalue weighted by molar-refractivity contribution is -0.00833. The molecule has 0 radical (unpaired) electrons. The van der Waals surface area contributed by atoms with Crippen molar-refractivity contribution in [2.75, 3.05) is 38.1 Å². The van der Waals surface area contributed by atoms with Crippen LogP contribution in [-0.4, -0.2) is 88.7 Å². The molecule has 0 unspecified atom stereocenters. The molecule has 1 amide bonds. The standard InChI is InChI=1S/C34H45N3O8S2/c1-25-22-37(26(2)24-38)34(39)31-21-28(35-46(40,41)29-14-7-5-8-15-29)18-19-32(31)45-27(3)13-11-12-20-44-33(25)23-36(4)47(42,43)30-16-9-6-10-17-30/h5-10,14-19,21,25-27,33,35,38H,11-13,20,22-24H2,1-4H3/t25-,26+,27+,33+/m1/s1. The van der Waals surface area contributed by atoms with Crippen LogP contribution in [0.15, 0.2) is 88.7 Å². The van der Waals surface area contributed by atoms with Gasteiger partial charge in [0, 0.05) is 38.3 Å². The lowest BCUT2D eigenvalue weighted by Gasteiger charge is -2.35. The number of hydrogen-bond donors (Lipinski definition) is 2. The third-order valence-electron chi connectivity index (χ3n) is 8.25. The highest BCUT2D eigenvalue weighted by Crippen LogP contribution is 2.30. The highest BCUT2D eigenvalue weighted by molar-refractivity contribution is 7.92. The van der Waals surface area contributed by atoms with Crippen LogP contribution < -0.4 is 9.46 Å². The monoisotopic (exact) mass is 687 g/mol. The minimum atomic E-state index is -3.94. The topological polar surface area (TPSA) is 143 Å². The van der Waals surface area contributed by atoms with Crippen molar-refractivity contribution >= 4 is 31.6 Å². The van der Waals surface area contributed by atoms with Gasteiger partial charge in [-0.15, -0.1) is 0 Å². The average Bonchev–Trinajstić information content (AvgIpc) is 3.06. The maximum Gasteiger partial charge on any atom is 0.261 e. The number of nitrogens with zero attached hydrogens (tertiary/aromatic N) is 2. The Bertz CT molecular complexity index is 1690. The lowest BCUT2D eigenvalue weighted by Crippen LogP contribution is -2.48. The molecule has 0 aliphatic carbocycles. The second kappa shape index (κ2) is 16.1. The molecule has 1 heterocycles. The first-order valence-corrected chi connectivity index (χ1v) is 18.7. The van der Waals surface area contributed by atoms with Gasteiger partial charge in [-0.2, -0.15) is 4.31 Å². The van der Waals surface area contributed by atoms with E-state index in [1.807, 2.05) is 13.8 Å². The first-order chi connectivity index (χ1) is 22.3.